The van der Waals surface area contributed by atoms with Crippen LogP contribution in [-0.2, 0) is 4.79 Å². The Morgan fingerprint density at radius 2 is 2.17 bits per heavy atom. The van der Waals surface area contributed by atoms with Gasteiger partial charge < -0.3 is 15.4 Å². The molecule has 0 saturated heterocycles. The fourth-order valence-corrected chi connectivity index (χ4v) is 1.71. The van der Waals surface area contributed by atoms with E-state index in [2.05, 4.69) is 0 Å². The molecular weight excluding hydrogens is 228 g/mol. The Morgan fingerprint density at radius 1 is 1.44 bits per heavy atom. The minimum Gasteiger partial charge on any atom is -0.497 e. The Kier molecular flexibility index (Phi) is 5.65. The second-order valence-electron chi connectivity index (χ2n) is 4.49. The van der Waals surface area contributed by atoms with E-state index in [1.54, 1.807) is 12.0 Å². The Bertz CT molecular complexity index is 391. The second kappa shape index (κ2) is 7.01. The third-order valence-corrected chi connectivity index (χ3v) is 2.71. The number of nitrogens with two attached hydrogens (primary N) is 1. The Labute approximate surface area is 109 Å². The van der Waals surface area contributed by atoms with Crippen molar-refractivity contribution in [2.45, 2.75) is 20.3 Å². The van der Waals surface area contributed by atoms with Crippen LogP contribution in [0.1, 0.15) is 20.3 Å². The number of benzene rings is 1. The minimum absolute atomic E-state index is 0.0334. The lowest BCUT2D eigenvalue weighted by atomic mass is 10.1. The Hall–Kier alpha value is -1.55. The molecule has 1 amide bonds. The number of anilines is 1. The van der Waals surface area contributed by atoms with Crippen LogP contribution in [0, 0.1) is 5.92 Å². The van der Waals surface area contributed by atoms with E-state index in [1.165, 1.54) is 0 Å². The third kappa shape index (κ3) is 3.74. The molecule has 0 spiro atoms. The first-order chi connectivity index (χ1) is 8.60. The molecule has 0 fully saturated rings. The van der Waals surface area contributed by atoms with Gasteiger partial charge in [0.25, 0.3) is 0 Å². The highest BCUT2D eigenvalue weighted by Crippen LogP contribution is 2.22. The highest BCUT2D eigenvalue weighted by Gasteiger charge is 2.18. The number of hydrogen-bond acceptors (Lipinski definition) is 3. The minimum atomic E-state index is -0.0334. The molecule has 0 unspecified atom stereocenters. The normalized spacial score (nSPS) is 10.5. The third-order valence-electron chi connectivity index (χ3n) is 2.71. The van der Waals surface area contributed by atoms with Crippen LogP contribution in [0.3, 0.4) is 0 Å². The summed E-state index contributed by atoms with van der Waals surface area (Å²) in [6.45, 7) is 5.02. The van der Waals surface area contributed by atoms with Crippen molar-refractivity contribution in [3.63, 3.8) is 0 Å². The maximum Gasteiger partial charge on any atom is 0.229 e. The molecule has 2 N–H and O–H groups in total. The molecule has 1 aromatic rings. The van der Waals surface area contributed by atoms with Crippen molar-refractivity contribution in [3.8, 4) is 5.75 Å². The van der Waals surface area contributed by atoms with Gasteiger partial charge in [0.1, 0.15) is 5.75 Å². The van der Waals surface area contributed by atoms with Crippen LogP contribution in [0.15, 0.2) is 24.3 Å². The van der Waals surface area contributed by atoms with Gasteiger partial charge in [0.2, 0.25) is 5.91 Å². The van der Waals surface area contributed by atoms with Crippen LogP contribution in [0.5, 0.6) is 5.75 Å². The summed E-state index contributed by atoms with van der Waals surface area (Å²) in [6, 6.07) is 7.54. The molecule has 0 aliphatic heterocycles. The second-order valence-corrected chi connectivity index (χ2v) is 4.49. The molecule has 100 valence electrons. The van der Waals surface area contributed by atoms with Gasteiger partial charge in [0.15, 0.2) is 0 Å². The molecule has 1 rings (SSSR count). The topological polar surface area (TPSA) is 55.6 Å². The summed E-state index contributed by atoms with van der Waals surface area (Å²) >= 11 is 0. The molecule has 4 nitrogen and oxygen atoms in total. The molecule has 4 heteroatoms. The van der Waals surface area contributed by atoms with Crippen molar-refractivity contribution in [3.05, 3.63) is 24.3 Å². The molecule has 0 atom stereocenters. The lowest BCUT2D eigenvalue weighted by molar-refractivity contribution is -0.121. The van der Waals surface area contributed by atoms with Crippen molar-refractivity contribution >= 4 is 11.6 Å². The Morgan fingerprint density at radius 3 is 2.72 bits per heavy atom. The van der Waals surface area contributed by atoms with E-state index in [1.807, 2.05) is 38.1 Å². The molecule has 18 heavy (non-hydrogen) atoms. The summed E-state index contributed by atoms with van der Waals surface area (Å²) in [7, 11) is 1.62. The summed E-state index contributed by atoms with van der Waals surface area (Å²) in [5.74, 6) is 0.826. The average molecular weight is 250 g/mol. The number of ether oxygens (including phenoxy) is 1. The van der Waals surface area contributed by atoms with Gasteiger partial charge in [-0.3, -0.25) is 4.79 Å². The quantitative estimate of drug-likeness (QED) is 0.840. The Balaban J connectivity index is 2.96. The lowest BCUT2D eigenvalue weighted by Crippen LogP contribution is -2.35. The van der Waals surface area contributed by atoms with Gasteiger partial charge in [0, 0.05) is 24.2 Å². The number of rotatable bonds is 6. The molecule has 0 heterocycles. The SMILES string of the molecule is COc1cccc(N(CCCN)C(=O)C(C)C)c1. The summed E-state index contributed by atoms with van der Waals surface area (Å²) < 4.78 is 5.19. The van der Waals surface area contributed by atoms with Crippen LogP contribution in [0.4, 0.5) is 5.69 Å². The van der Waals surface area contributed by atoms with Crippen molar-refractivity contribution in [1.29, 1.82) is 0 Å². The van der Waals surface area contributed by atoms with Gasteiger partial charge >= 0.3 is 0 Å². The molecule has 1 aromatic carbocycles. The number of methoxy groups -OCH3 is 1. The predicted octanol–water partition coefficient (Wildman–Crippen LogP) is 2.03. The molecular formula is C14H22N2O2. The van der Waals surface area contributed by atoms with Gasteiger partial charge in [-0.2, -0.15) is 0 Å². The average Bonchev–Trinajstić information content (AvgIpc) is 2.39. The predicted molar refractivity (Wildman–Crippen MR) is 73.9 cm³/mol. The van der Waals surface area contributed by atoms with Crippen LogP contribution in [0.25, 0.3) is 0 Å². The maximum absolute atomic E-state index is 12.2. The zero-order valence-corrected chi connectivity index (χ0v) is 11.3. The van der Waals surface area contributed by atoms with Crippen molar-refractivity contribution < 1.29 is 9.53 Å². The summed E-state index contributed by atoms with van der Waals surface area (Å²) in [4.78, 5) is 14.0. The van der Waals surface area contributed by atoms with Gasteiger partial charge in [0.05, 0.1) is 7.11 Å². The van der Waals surface area contributed by atoms with E-state index in [0.29, 0.717) is 13.1 Å². The fraction of sp³-hybridized carbons (Fsp3) is 0.500. The molecule has 0 aliphatic rings. The van der Waals surface area contributed by atoms with Gasteiger partial charge in [-0.1, -0.05) is 19.9 Å². The number of carbonyl (C=O) groups excluding carboxylic acids is 1. The van der Waals surface area contributed by atoms with Crippen molar-refractivity contribution in [2.24, 2.45) is 11.7 Å². The first-order valence-corrected chi connectivity index (χ1v) is 6.25. The number of carbonyl (C=O) groups is 1. The summed E-state index contributed by atoms with van der Waals surface area (Å²) in [6.07, 6.45) is 0.787. The number of nitrogens with zero attached hydrogens (tertiary/aromatic N) is 1. The fourth-order valence-electron chi connectivity index (χ4n) is 1.71. The van der Waals surface area contributed by atoms with Crippen molar-refractivity contribution in [2.75, 3.05) is 25.1 Å². The van der Waals surface area contributed by atoms with Crippen LogP contribution < -0.4 is 15.4 Å². The van der Waals surface area contributed by atoms with Crippen LogP contribution >= 0.6 is 0 Å². The molecule has 0 saturated carbocycles. The van der Waals surface area contributed by atoms with E-state index in [9.17, 15) is 4.79 Å². The smallest absolute Gasteiger partial charge is 0.229 e. The first kappa shape index (κ1) is 14.5. The lowest BCUT2D eigenvalue weighted by Gasteiger charge is -2.25. The van der Waals surface area contributed by atoms with E-state index in [-0.39, 0.29) is 11.8 Å². The zero-order valence-electron chi connectivity index (χ0n) is 11.3. The maximum atomic E-state index is 12.2. The van der Waals surface area contributed by atoms with E-state index in [0.717, 1.165) is 17.9 Å². The number of hydrogen-bond donors (Lipinski definition) is 1. The largest absolute Gasteiger partial charge is 0.497 e. The highest BCUT2D eigenvalue weighted by molar-refractivity contribution is 5.94. The van der Waals surface area contributed by atoms with E-state index in [4.69, 9.17) is 10.5 Å². The first-order valence-electron chi connectivity index (χ1n) is 6.25. The van der Waals surface area contributed by atoms with E-state index >= 15 is 0 Å². The molecule has 0 aromatic heterocycles. The molecule has 0 aliphatic carbocycles. The van der Waals surface area contributed by atoms with Gasteiger partial charge in [-0.05, 0) is 25.1 Å². The zero-order chi connectivity index (χ0) is 13.5. The van der Waals surface area contributed by atoms with Crippen molar-refractivity contribution in [1.82, 2.24) is 0 Å². The monoisotopic (exact) mass is 250 g/mol. The summed E-state index contributed by atoms with van der Waals surface area (Å²) in [5.41, 5.74) is 6.39. The van der Waals surface area contributed by atoms with Crippen LogP contribution in [0.2, 0.25) is 0 Å². The molecule has 0 radical (unpaired) electrons. The summed E-state index contributed by atoms with van der Waals surface area (Å²) in [5, 5.41) is 0. The number of amides is 1. The van der Waals surface area contributed by atoms with E-state index < -0.39 is 0 Å². The molecule has 0 bridgehead atoms. The van der Waals surface area contributed by atoms with Crippen LogP contribution in [-0.4, -0.2) is 26.1 Å². The van der Waals surface area contributed by atoms with Gasteiger partial charge in [-0.25, -0.2) is 0 Å². The van der Waals surface area contributed by atoms with Gasteiger partial charge in [-0.15, -0.1) is 0 Å². The standard InChI is InChI=1S/C14H22N2O2/c1-11(2)14(17)16(9-5-8-15)12-6-4-7-13(10-12)18-3/h4,6-7,10-11H,5,8-9,15H2,1-3H3. The highest BCUT2D eigenvalue weighted by atomic mass is 16.5.